The van der Waals surface area contributed by atoms with Crippen molar-refractivity contribution in [1.82, 2.24) is 15.2 Å². The Bertz CT molecular complexity index is 665. The van der Waals surface area contributed by atoms with Crippen LogP contribution in [0, 0.1) is 0 Å². The van der Waals surface area contributed by atoms with Gasteiger partial charge in [-0.1, -0.05) is 26.0 Å². The number of carbonyl (C=O) groups excluding carboxylic acids is 1. The molecule has 1 aromatic carbocycles. The number of benzene rings is 1. The molecule has 2 rings (SSSR count). The third-order valence-corrected chi connectivity index (χ3v) is 3.70. The number of nitrogens with zero attached hydrogens (tertiary/aromatic N) is 2. The zero-order valence-corrected chi connectivity index (χ0v) is 14.8. The van der Waals surface area contributed by atoms with Crippen molar-refractivity contribution in [3.63, 3.8) is 0 Å². The molecule has 5 nitrogen and oxygen atoms in total. The Hall–Kier alpha value is -2.40. The minimum atomic E-state index is -0.157. The predicted molar refractivity (Wildman–Crippen MR) is 98.9 cm³/mol. The van der Waals surface area contributed by atoms with E-state index >= 15 is 0 Å². The fraction of sp³-hybridized carbons (Fsp3) is 0.368. The maximum atomic E-state index is 12.1. The van der Waals surface area contributed by atoms with Gasteiger partial charge >= 0.3 is 0 Å². The average molecular weight is 326 g/mol. The zero-order valence-electron chi connectivity index (χ0n) is 14.8. The molecule has 2 N–H and O–H groups in total. The third-order valence-electron chi connectivity index (χ3n) is 3.70. The number of pyridine rings is 1. The molecule has 5 heteroatoms. The molecule has 0 aliphatic heterocycles. The predicted octanol–water partition coefficient (Wildman–Crippen LogP) is 3.24. The van der Waals surface area contributed by atoms with E-state index in [-0.39, 0.29) is 5.91 Å². The maximum Gasteiger partial charge on any atom is 0.269 e. The van der Waals surface area contributed by atoms with Gasteiger partial charge in [-0.15, -0.1) is 0 Å². The van der Waals surface area contributed by atoms with E-state index in [1.807, 2.05) is 37.2 Å². The zero-order chi connectivity index (χ0) is 17.5. The summed E-state index contributed by atoms with van der Waals surface area (Å²) in [5, 5.41) is 6.18. The van der Waals surface area contributed by atoms with E-state index < -0.39 is 0 Å². The second-order valence-electron chi connectivity index (χ2n) is 6.39. The summed E-state index contributed by atoms with van der Waals surface area (Å²) in [6.07, 6.45) is 1.64. The summed E-state index contributed by atoms with van der Waals surface area (Å²) in [6, 6.07) is 11.9. The quantitative estimate of drug-likeness (QED) is 0.820. The van der Waals surface area contributed by atoms with E-state index in [0.29, 0.717) is 18.2 Å². The number of hydrogen-bond acceptors (Lipinski definition) is 4. The lowest BCUT2D eigenvalue weighted by molar-refractivity contribution is 0.0946. The van der Waals surface area contributed by atoms with Crippen LogP contribution in [0.3, 0.4) is 0 Å². The maximum absolute atomic E-state index is 12.1. The van der Waals surface area contributed by atoms with Crippen molar-refractivity contribution in [3.8, 4) is 0 Å². The van der Waals surface area contributed by atoms with Gasteiger partial charge in [0.25, 0.3) is 5.91 Å². The Balaban J connectivity index is 2.00. The molecule has 1 amide bonds. The molecule has 128 valence electrons. The summed E-state index contributed by atoms with van der Waals surface area (Å²) in [7, 11) is 3.94. The minimum Gasteiger partial charge on any atom is -0.355 e. The van der Waals surface area contributed by atoms with Crippen molar-refractivity contribution in [2.75, 3.05) is 32.5 Å². The molecule has 2 aromatic rings. The van der Waals surface area contributed by atoms with Crippen molar-refractivity contribution in [2.45, 2.75) is 19.8 Å². The Kier molecular flexibility index (Phi) is 6.32. The minimum absolute atomic E-state index is 0.157. The van der Waals surface area contributed by atoms with E-state index in [1.165, 1.54) is 5.56 Å². The van der Waals surface area contributed by atoms with Crippen LogP contribution in [0.4, 0.5) is 11.4 Å². The molecule has 24 heavy (non-hydrogen) atoms. The van der Waals surface area contributed by atoms with Crippen LogP contribution in [0.25, 0.3) is 0 Å². The fourth-order valence-electron chi connectivity index (χ4n) is 2.23. The third kappa shape index (κ3) is 5.35. The van der Waals surface area contributed by atoms with E-state index in [2.05, 4.69) is 41.6 Å². The normalized spacial score (nSPS) is 10.9. The van der Waals surface area contributed by atoms with Gasteiger partial charge in [-0.3, -0.25) is 9.78 Å². The van der Waals surface area contributed by atoms with E-state index in [0.717, 1.165) is 17.9 Å². The summed E-state index contributed by atoms with van der Waals surface area (Å²) < 4.78 is 0. The standard InChI is InChI=1S/C19H26N4O/c1-14(2)15-5-7-16(8-6-15)22-17-9-10-20-18(13-17)19(24)21-11-12-23(3)4/h5-10,13-14H,11-12H2,1-4H3,(H,20,22)(H,21,24). The highest BCUT2D eigenvalue weighted by Gasteiger charge is 2.08. The van der Waals surface area contributed by atoms with Gasteiger partial charge < -0.3 is 15.5 Å². The lowest BCUT2D eigenvalue weighted by atomic mass is 10.0. The molecule has 0 aliphatic rings. The molecule has 0 unspecified atom stereocenters. The lowest BCUT2D eigenvalue weighted by Crippen LogP contribution is -2.31. The molecule has 0 saturated heterocycles. The van der Waals surface area contributed by atoms with Crippen molar-refractivity contribution in [2.24, 2.45) is 0 Å². The number of amides is 1. The highest BCUT2D eigenvalue weighted by molar-refractivity contribution is 5.93. The van der Waals surface area contributed by atoms with Crippen LogP contribution in [0.1, 0.15) is 35.8 Å². The SMILES string of the molecule is CC(C)c1ccc(Nc2ccnc(C(=O)NCCN(C)C)c2)cc1. The van der Waals surface area contributed by atoms with Crippen LogP contribution < -0.4 is 10.6 Å². The molecular formula is C19H26N4O. The number of rotatable bonds is 7. The molecule has 0 spiro atoms. The summed E-state index contributed by atoms with van der Waals surface area (Å²) in [5.41, 5.74) is 3.55. The molecule has 1 heterocycles. The van der Waals surface area contributed by atoms with Crippen LogP contribution in [0.15, 0.2) is 42.6 Å². The molecular weight excluding hydrogens is 300 g/mol. The first kappa shape index (κ1) is 17.9. The Labute approximate surface area is 144 Å². The molecule has 0 radical (unpaired) electrons. The summed E-state index contributed by atoms with van der Waals surface area (Å²) >= 11 is 0. The highest BCUT2D eigenvalue weighted by atomic mass is 16.1. The van der Waals surface area contributed by atoms with Gasteiger partial charge in [-0.05, 0) is 49.8 Å². The summed E-state index contributed by atoms with van der Waals surface area (Å²) in [4.78, 5) is 18.3. The number of nitrogens with one attached hydrogen (secondary N) is 2. The van der Waals surface area contributed by atoms with Gasteiger partial charge in [0, 0.05) is 30.7 Å². The van der Waals surface area contributed by atoms with Crippen molar-refractivity contribution in [1.29, 1.82) is 0 Å². The Morgan fingerprint density at radius 3 is 2.46 bits per heavy atom. The first-order chi connectivity index (χ1) is 11.5. The Morgan fingerprint density at radius 1 is 1.12 bits per heavy atom. The molecule has 0 saturated carbocycles. The van der Waals surface area contributed by atoms with Gasteiger partial charge in [0.15, 0.2) is 0 Å². The first-order valence-corrected chi connectivity index (χ1v) is 8.21. The van der Waals surface area contributed by atoms with Crippen LogP contribution in [-0.2, 0) is 0 Å². The number of aromatic nitrogens is 1. The van der Waals surface area contributed by atoms with Gasteiger partial charge in [0.05, 0.1) is 0 Å². The highest BCUT2D eigenvalue weighted by Crippen LogP contribution is 2.20. The van der Waals surface area contributed by atoms with E-state index in [9.17, 15) is 4.79 Å². The van der Waals surface area contributed by atoms with Gasteiger partial charge in [0.1, 0.15) is 5.69 Å². The monoisotopic (exact) mass is 326 g/mol. The van der Waals surface area contributed by atoms with E-state index in [4.69, 9.17) is 0 Å². The van der Waals surface area contributed by atoms with Crippen LogP contribution in [-0.4, -0.2) is 43.0 Å². The average Bonchev–Trinajstić information content (AvgIpc) is 2.55. The second kappa shape index (κ2) is 8.45. The number of hydrogen-bond donors (Lipinski definition) is 2. The second-order valence-corrected chi connectivity index (χ2v) is 6.39. The molecule has 0 atom stereocenters. The molecule has 0 bridgehead atoms. The number of carbonyl (C=O) groups is 1. The smallest absolute Gasteiger partial charge is 0.269 e. The summed E-state index contributed by atoms with van der Waals surface area (Å²) in [5.74, 6) is 0.355. The Morgan fingerprint density at radius 2 is 1.83 bits per heavy atom. The van der Waals surface area contributed by atoms with Crippen molar-refractivity contribution >= 4 is 17.3 Å². The van der Waals surface area contributed by atoms with E-state index in [1.54, 1.807) is 12.3 Å². The topological polar surface area (TPSA) is 57.3 Å². The first-order valence-electron chi connectivity index (χ1n) is 8.21. The number of anilines is 2. The molecule has 1 aromatic heterocycles. The van der Waals surface area contributed by atoms with Crippen molar-refractivity contribution < 1.29 is 4.79 Å². The van der Waals surface area contributed by atoms with Gasteiger partial charge in [0.2, 0.25) is 0 Å². The number of likely N-dealkylation sites (N-methyl/N-ethyl adjacent to an activating group) is 1. The van der Waals surface area contributed by atoms with Crippen LogP contribution >= 0.6 is 0 Å². The lowest BCUT2D eigenvalue weighted by Gasteiger charge is -2.11. The molecule has 0 aliphatic carbocycles. The van der Waals surface area contributed by atoms with Crippen molar-refractivity contribution in [3.05, 3.63) is 53.9 Å². The fourth-order valence-corrected chi connectivity index (χ4v) is 2.23. The summed E-state index contributed by atoms with van der Waals surface area (Å²) in [6.45, 7) is 5.74. The molecule has 0 fully saturated rings. The van der Waals surface area contributed by atoms with Crippen LogP contribution in [0.2, 0.25) is 0 Å². The van der Waals surface area contributed by atoms with Gasteiger partial charge in [-0.2, -0.15) is 0 Å². The van der Waals surface area contributed by atoms with Gasteiger partial charge in [-0.25, -0.2) is 0 Å². The largest absolute Gasteiger partial charge is 0.355 e. The van der Waals surface area contributed by atoms with Crippen LogP contribution in [0.5, 0.6) is 0 Å².